The Balaban J connectivity index is 2.31. The molecule has 19 heavy (non-hydrogen) atoms. The van der Waals surface area contributed by atoms with Gasteiger partial charge in [-0.3, -0.25) is 0 Å². The van der Waals surface area contributed by atoms with Gasteiger partial charge in [-0.05, 0) is 30.5 Å². The minimum absolute atomic E-state index is 0.0446. The molecule has 1 aliphatic carbocycles. The maximum absolute atomic E-state index is 11.4. The molecule has 0 bridgehead atoms. The second-order valence-corrected chi connectivity index (χ2v) is 5.52. The fraction of sp³-hybridized carbons (Fsp3) is 0.438. The zero-order chi connectivity index (χ0) is 13.7. The summed E-state index contributed by atoms with van der Waals surface area (Å²) < 4.78 is 4.69. The van der Waals surface area contributed by atoms with Crippen LogP contribution in [0.5, 0.6) is 0 Å². The van der Waals surface area contributed by atoms with Crippen molar-refractivity contribution in [3.05, 3.63) is 47.0 Å². The second-order valence-electron chi connectivity index (χ2n) is 5.08. The van der Waals surface area contributed by atoms with Gasteiger partial charge in [-0.25, -0.2) is 4.79 Å². The lowest BCUT2D eigenvalue weighted by Crippen LogP contribution is -2.27. The van der Waals surface area contributed by atoms with Crippen molar-refractivity contribution >= 4 is 17.6 Å². The van der Waals surface area contributed by atoms with Gasteiger partial charge in [0.25, 0.3) is 0 Å². The average molecular weight is 279 g/mol. The van der Waals surface area contributed by atoms with Crippen LogP contribution in [0.3, 0.4) is 0 Å². The molecule has 1 aromatic carbocycles. The molecular weight excluding hydrogens is 260 g/mol. The third-order valence-electron chi connectivity index (χ3n) is 3.90. The maximum atomic E-state index is 11.4. The fourth-order valence-corrected chi connectivity index (χ4v) is 2.94. The predicted molar refractivity (Wildman–Crippen MR) is 77.4 cm³/mol. The Morgan fingerprint density at radius 3 is 2.42 bits per heavy atom. The van der Waals surface area contributed by atoms with Crippen molar-refractivity contribution in [2.45, 2.75) is 37.5 Å². The van der Waals surface area contributed by atoms with Gasteiger partial charge in [-0.2, -0.15) is 0 Å². The fourth-order valence-electron chi connectivity index (χ4n) is 2.81. The Labute approximate surface area is 119 Å². The van der Waals surface area contributed by atoms with Crippen LogP contribution in [-0.4, -0.2) is 13.1 Å². The number of benzene rings is 1. The molecule has 1 aromatic rings. The number of rotatable bonds is 3. The zero-order valence-electron chi connectivity index (χ0n) is 11.2. The lowest BCUT2D eigenvalue weighted by molar-refractivity contribution is -0.134. The largest absolute Gasteiger partial charge is 0.466 e. The molecule has 0 unspecified atom stereocenters. The Morgan fingerprint density at radius 2 is 1.84 bits per heavy atom. The third-order valence-corrected chi connectivity index (χ3v) is 4.16. The van der Waals surface area contributed by atoms with Crippen molar-refractivity contribution in [3.8, 4) is 0 Å². The molecule has 0 aromatic heterocycles. The SMILES string of the molecule is COC(=O)C=CC1(c2ccc(Cl)cc2)CCCCC1. The lowest BCUT2D eigenvalue weighted by Gasteiger charge is -2.35. The van der Waals surface area contributed by atoms with E-state index < -0.39 is 0 Å². The minimum atomic E-state index is -0.293. The Kier molecular flexibility index (Phi) is 4.65. The topological polar surface area (TPSA) is 26.3 Å². The monoisotopic (exact) mass is 278 g/mol. The molecule has 0 heterocycles. The summed E-state index contributed by atoms with van der Waals surface area (Å²) in [7, 11) is 1.41. The van der Waals surface area contributed by atoms with Gasteiger partial charge in [-0.15, -0.1) is 0 Å². The van der Waals surface area contributed by atoms with Crippen LogP contribution in [0.25, 0.3) is 0 Å². The van der Waals surface area contributed by atoms with Crippen LogP contribution in [0.15, 0.2) is 36.4 Å². The number of ether oxygens (including phenoxy) is 1. The van der Waals surface area contributed by atoms with Crippen molar-refractivity contribution < 1.29 is 9.53 Å². The molecule has 0 atom stereocenters. The molecule has 1 saturated carbocycles. The number of methoxy groups -OCH3 is 1. The smallest absolute Gasteiger partial charge is 0.330 e. The van der Waals surface area contributed by atoms with E-state index in [1.165, 1.54) is 31.9 Å². The molecular formula is C16H19ClO2. The first-order valence-electron chi connectivity index (χ1n) is 6.69. The molecule has 2 nitrogen and oxygen atoms in total. The standard InChI is InChI=1S/C16H19ClO2/c1-19-15(18)9-12-16(10-3-2-4-11-16)13-5-7-14(17)8-6-13/h5-9,12H,2-4,10-11H2,1H3. The van der Waals surface area contributed by atoms with Gasteiger partial charge >= 0.3 is 5.97 Å². The Bertz CT molecular complexity index is 456. The molecule has 0 saturated heterocycles. The van der Waals surface area contributed by atoms with E-state index in [-0.39, 0.29) is 11.4 Å². The number of esters is 1. The number of hydrogen-bond donors (Lipinski definition) is 0. The molecule has 3 heteroatoms. The Morgan fingerprint density at radius 1 is 1.21 bits per heavy atom. The minimum Gasteiger partial charge on any atom is -0.466 e. The van der Waals surface area contributed by atoms with Crippen LogP contribution in [0.4, 0.5) is 0 Å². The maximum Gasteiger partial charge on any atom is 0.330 e. The van der Waals surface area contributed by atoms with Gasteiger partial charge in [0.2, 0.25) is 0 Å². The molecule has 1 aliphatic rings. The molecule has 0 aliphatic heterocycles. The highest BCUT2D eigenvalue weighted by Crippen LogP contribution is 2.41. The molecule has 2 rings (SSSR count). The highest BCUT2D eigenvalue weighted by molar-refractivity contribution is 6.30. The average Bonchev–Trinajstić information content (AvgIpc) is 2.46. The summed E-state index contributed by atoms with van der Waals surface area (Å²) in [4.78, 5) is 11.4. The van der Waals surface area contributed by atoms with Crippen molar-refractivity contribution in [1.82, 2.24) is 0 Å². The van der Waals surface area contributed by atoms with Crippen molar-refractivity contribution in [3.63, 3.8) is 0 Å². The van der Waals surface area contributed by atoms with Crippen molar-refractivity contribution in [2.75, 3.05) is 7.11 Å². The van der Waals surface area contributed by atoms with Crippen LogP contribution in [0, 0.1) is 0 Å². The number of carbonyl (C=O) groups is 1. The second kappa shape index (κ2) is 6.25. The lowest BCUT2D eigenvalue weighted by atomic mass is 9.69. The van der Waals surface area contributed by atoms with E-state index in [1.807, 2.05) is 18.2 Å². The van der Waals surface area contributed by atoms with Crippen LogP contribution in [0.2, 0.25) is 5.02 Å². The summed E-state index contributed by atoms with van der Waals surface area (Å²) in [5, 5.41) is 0.742. The molecule has 0 N–H and O–H groups in total. The van der Waals surface area contributed by atoms with Crippen LogP contribution in [-0.2, 0) is 14.9 Å². The highest BCUT2D eigenvalue weighted by Gasteiger charge is 2.31. The zero-order valence-corrected chi connectivity index (χ0v) is 12.0. The first-order valence-corrected chi connectivity index (χ1v) is 7.07. The van der Waals surface area contributed by atoms with E-state index in [9.17, 15) is 4.79 Å². The van der Waals surface area contributed by atoms with Crippen LogP contribution >= 0.6 is 11.6 Å². The molecule has 0 spiro atoms. The van der Waals surface area contributed by atoms with Gasteiger partial charge in [0, 0.05) is 16.5 Å². The number of halogens is 1. The molecule has 1 fully saturated rings. The van der Waals surface area contributed by atoms with E-state index in [0.717, 1.165) is 17.9 Å². The molecule has 0 radical (unpaired) electrons. The number of hydrogen-bond acceptors (Lipinski definition) is 2. The van der Waals surface area contributed by atoms with E-state index in [1.54, 1.807) is 6.08 Å². The van der Waals surface area contributed by atoms with Crippen LogP contribution in [0.1, 0.15) is 37.7 Å². The summed E-state index contributed by atoms with van der Waals surface area (Å²) in [6.07, 6.45) is 9.36. The summed E-state index contributed by atoms with van der Waals surface area (Å²) in [6.45, 7) is 0. The highest BCUT2D eigenvalue weighted by atomic mass is 35.5. The normalized spacial score (nSPS) is 18.4. The van der Waals surface area contributed by atoms with Crippen LogP contribution < -0.4 is 0 Å². The Hall–Kier alpha value is -1.28. The quantitative estimate of drug-likeness (QED) is 0.610. The molecule has 0 amide bonds. The third kappa shape index (κ3) is 3.38. The predicted octanol–water partition coefficient (Wildman–Crippen LogP) is 4.27. The number of carbonyl (C=O) groups excluding carboxylic acids is 1. The molecule has 102 valence electrons. The summed E-state index contributed by atoms with van der Waals surface area (Å²) in [6, 6.07) is 7.96. The first-order chi connectivity index (χ1) is 9.16. The summed E-state index contributed by atoms with van der Waals surface area (Å²) in [5.74, 6) is -0.293. The number of allylic oxidation sites excluding steroid dienone is 1. The van der Waals surface area contributed by atoms with E-state index in [4.69, 9.17) is 16.3 Å². The van der Waals surface area contributed by atoms with Gasteiger partial charge in [0.05, 0.1) is 7.11 Å². The van der Waals surface area contributed by atoms with Gasteiger partial charge < -0.3 is 4.74 Å². The summed E-state index contributed by atoms with van der Waals surface area (Å²) >= 11 is 5.95. The van der Waals surface area contributed by atoms with Crippen molar-refractivity contribution in [1.29, 1.82) is 0 Å². The van der Waals surface area contributed by atoms with Gasteiger partial charge in [-0.1, -0.05) is 49.1 Å². The van der Waals surface area contributed by atoms with Gasteiger partial charge in [0.15, 0.2) is 0 Å². The first kappa shape index (κ1) is 14.1. The van der Waals surface area contributed by atoms with E-state index in [2.05, 4.69) is 12.1 Å². The van der Waals surface area contributed by atoms with E-state index in [0.29, 0.717) is 0 Å². The van der Waals surface area contributed by atoms with Gasteiger partial charge in [0.1, 0.15) is 0 Å². The van der Waals surface area contributed by atoms with Crippen molar-refractivity contribution in [2.24, 2.45) is 0 Å². The summed E-state index contributed by atoms with van der Waals surface area (Å²) in [5.41, 5.74) is 1.19. The van der Waals surface area contributed by atoms with E-state index >= 15 is 0 Å².